The zero-order valence-electron chi connectivity index (χ0n) is 42.5. The first kappa shape index (κ1) is 50.2. The Hall–Kier alpha value is -2.18. The first-order valence-corrected chi connectivity index (χ1v) is 29.7. The zero-order valence-corrected chi connectivity index (χ0v) is 46.4. The fourth-order valence-corrected chi connectivity index (χ4v) is 36.3. The summed E-state index contributed by atoms with van der Waals surface area (Å²) in [6, 6.07) is 30.2. The van der Waals surface area contributed by atoms with Crippen LogP contribution in [0.3, 0.4) is 0 Å². The molecule has 1 heterocycles. The second-order valence-electron chi connectivity index (χ2n) is 26.3. The second-order valence-corrected chi connectivity index (χ2v) is 37.7. The molecule has 0 bridgehead atoms. The predicted octanol–water partition coefficient (Wildman–Crippen LogP) is 12.2. The largest absolute Gasteiger partial charge is 1.00 e. The number of benzene rings is 4. The molecule has 0 N–H and O–H groups in total. The van der Waals surface area contributed by atoms with Gasteiger partial charge in [0.1, 0.15) is 0 Å². The molecule has 1 saturated heterocycles. The van der Waals surface area contributed by atoms with Gasteiger partial charge in [-0.15, -0.1) is 0 Å². The molecule has 4 atom stereocenters. The third-order valence-electron chi connectivity index (χ3n) is 15.7. The standard InChI is InChI=1S/2C27H35.C6H10.2ClH.Zr/c2*1-25(2,3)20-14-19(15-21(16-20)26(4,5)6)23-12-10-11-18-13-22(17-24(18)23)27(7,8)9;1-2-4-6-5-3-1;;;/h2*10-17H,1-9H3;1-2H,3-6H2;2*1H;/q;;;;;+2/p-2. The van der Waals surface area contributed by atoms with E-state index in [1.165, 1.54) is 81.3 Å². The molecule has 0 spiro atoms. The topological polar surface area (TPSA) is 0 Å². The molecule has 338 valence electrons. The maximum absolute atomic E-state index is 3.36. The van der Waals surface area contributed by atoms with Crippen molar-refractivity contribution in [3.05, 3.63) is 128 Å². The van der Waals surface area contributed by atoms with Crippen LogP contribution in [0.2, 0.25) is 7.25 Å². The number of fused-ring (bicyclic) bond motifs is 3. The molecule has 1 aliphatic heterocycles. The predicted molar refractivity (Wildman–Crippen MR) is 265 cm³/mol. The monoisotopic (exact) mass is 960 g/mol. The van der Waals surface area contributed by atoms with Gasteiger partial charge < -0.3 is 24.8 Å². The zero-order chi connectivity index (χ0) is 44.6. The third-order valence-corrected chi connectivity index (χ3v) is 32.5. The number of rotatable bonds is 4. The van der Waals surface area contributed by atoms with E-state index < -0.39 is 20.3 Å². The average Bonchev–Trinajstić information content (AvgIpc) is 3.40. The second kappa shape index (κ2) is 16.6. The normalized spacial score (nSPS) is 22.4. The summed E-state index contributed by atoms with van der Waals surface area (Å²) in [4.78, 5) is 0. The van der Waals surface area contributed by atoms with E-state index in [-0.39, 0.29) is 57.3 Å². The Balaban J connectivity index is 0.00000330. The smallest absolute Gasteiger partial charge is 1.00 e. The van der Waals surface area contributed by atoms with Gasteiger partial charge in [-0.25, -0.2) is 0 Å². The SMILES string of the molecule is CC(C)(C)C1=Cc2c(-c3cc(C(C)(C)C)cc(C(C)(C)C)c3)cccc2[CH]1[Zr+2]1([CH]2C(C(C)(C)C)=Cc3c(-c4cc(C(C)(C)C)cc(C(C)(C)C)c4)cccc32)[CH]2CCCC[CH]21.[Cl-].[Cl-]. The molecule has 2 fully saturated rings. The molecule has 0 radical (unpaired) electrons. The van der Waals surface area contributed by atoms with Crippen molar-refractivity contribution in [1.29, 1.82) is 0 Å². The van der Waals surface area contributed by atoms with Crippen LogP contribution in [0.25, 0.3) is 34.4 Å². The van der Waals surface area contributed by atoms with Gasteiger partial charge in [0.25, 0.3) is 0 Å². The van der Waals surface area contributed by atoms with Gasteiger partial charge in [0, 0.05) is 0 Å². The molecule has 4 aromatic carbocycles. The number of halogens is 2. The van der Waals surface area contributed by atoms with Crippen molar-refractivity contribution in [2.24, 2.45) is 10.8 Å². The van der Waals surface area contributed by atoms with Crippen molar-refractivity contribution in [2.45, 2.75) is 186 Å². The van der Waals surface area contributed by atoms with Crippen LogP contribution >= 0.6 is 0 Å². The Labute approximate surface area is 402 Å². The van der Waals surface area contributed by atoms with E-state index in [9.17, 15) is 0 Å². The van der Waals surface area contributed by atoms with Gasteiger partial charge in [0.15, 0.2) is 0 Å². The van der Waals surface area contributed by atoms with Crippen LogP contribution in [0, 0.1) is 10.8 Å². The Morgan fingerprint density at radius 2 is 0.698 bits per heavy atom. The van der Waals surface area contributed by atoms with Gasteiger partial charge in [-0.2, -0.15) is 0 Å². The van der Waals surface area contributed by atoms with E-state index >= 15 is 0 Å². The van der Waals surface area contributed by atoms with Gasteiger partial charge in [-0.3, -0.25) is 0 Å². The van der Waals surface area contributed by atoms with Crippen molar-refractivity contribution < 1.29 is 45.1 Å². The van der Waals surface area contributed by atoms with Gasteiger partial charge in [-0.1, -0.05) is 0 Å². The van der Waals surface area contributed by atoms with Crippen molar-refractivity contribution >= 4 is 12.2 Å². The van der Waals surface area contributed by atoms with Gasteiger partial charge >= 0.3 is 380 Å². The minimum absolute atomic E-state index is 0. The molecule has 0 nitrogen and oxygen atoms in total. The summed E-state index contributed by atoms with van der Waals surface area (Å²) in [7, 11) is 0. The van der Waals surface area contributed by atoms with E-state index in [2.05, 4.69) is 210 Å². The first-order chi connectivity index (χ1) is 28.0. The molecule has 3 aliphatic carbocycles. The number of hydrogen-bond donors (Lipinski definition) is 0. The van der Waals surface area contributed by atoms with Crippen molar-refractivity contribution in [1.82, 2.24) is 0 Å². The number of hydrogen-bond acceptors (Lipinski definition) is 0. The van der Waals surface area contributed by atoms with Gasteiger partial charge in [0.05, 0.1) is 0 Å². The van der Waals surface area contributed by atoms with Crippen LogP contribution in [0.4, 0.5) is 0 Å². The summed E-state index contributed by atoms with van der Waals surface area (Å²) < 4.78 is 3.00. The molecule has 0 amide bonds. The van der Waals surface area contributed by atoms with Gasteiger partial charge in [0.2, 0.25) is 0 Å². The summed E-state index contributed by atoms with van der Waals surface area (Å²) in [6.45, 7) is 43.8. The Morgan fingerprint density at radius 1 is 0.397 bits per heavy atom. The molecule has 0 aromatic heterocycles. The molecular formula is C60H80Cl2Zr. The Morgan fingerprint density at radius 3 is 0.968 bits per heavy atom. The summed E-state index contributed by atoms with van der Waals surface area (Å²) in [5.41, 5.74) is 21.8. The fraction of sp³-hybridized carbons (Fsp3) is 0.533. The van der Waals surface area contributed by atoms with E-state index in [0.717, 1.165) is 7.25 Å². The maximum atomic E-state index is 2.76. The third kappa shape index (κ3) is 8.79. The average molecular weight is 963 g/mol. The Bertz CT molecular complexity index is 2210. The number of allylic oxidation sites excluding steroid dienone is 2. The molecule has 4 unspecified atom stereocenters. The Kier molecular flexibility index (Phi) is 13.2. The summed E-state index contributed by atoms with van der Waals surface area (Å²) in [5.74, 6) is 0. The molecule has 63 heavy (non-hydrogen) atoms. The molecular weight excluding hydrogens is 883 g/mol. The van der Waals surface area contributed by atoms with Crippen molar-refractivity contribution in [3.8, 4) is 22.3 Å². The van der Waals surface area contributed by atoms with Crippen LogP contribution in [0.5, 0.6) is 0 Å². The van der Waals surface area contributed by atoms with E-state index in [1.54, 1.807) is 22.3 Å². The van der Waals surface area contributed by atoms with Crippen LogP contribution in [-0.4, -0.2) is 0 Å². The summed E-state index contributed by atoms with van der Waals surface area (Å²) in [5, 5.41) is 0. The first-order valence-electron chi connectivity index (χ1n) is 24.1. The van der Waals surface area contributed by atoms with Crippen LogP contribution < -0.4 is 24.8 Å². The molecule has 3 heteroatoms. The summed E-state index contributed by atoms with van der Waals surface area (Å²) in [6.07, 6.45) is 11.2. The molecule has 4 aliphatic rings. The van der Waals surface area contributed by atoms with Gasteiger partial charge in [-0.05, 0) is 0 Å². The molecule has 4 aromatic rings. The molecule has 8 rings (SSSR count). The molecule has 1 saturated carbocycles. The van der Waals surface area contributed by atoms with E-state index in [0.29, 0.717) is 7.25 Å². The fourth-order valence-electron chi connectivity index (χ4n) is 12.2. The van der Waals surface area contributed by atoms with Crippen LogP contribution in [0.15, 0.2) is 83.9 Å². The van der Waals surface area contributed by atoms with E-state index in [1.807, 2.05) is 0 Å². The van der Waals surface area contributed by atoms with Crippen LogP contribution in [-0.2, 0) is 41.9 Å². The van der Waals surface area contributed by atoms with Crippen molar-refractivity contribution in [3.63, 3.8) is 0 Å². The van der Waals surface area contributed by atoms with Crippen molar-refractivity contribution in [2.75, 3.05) is 0 Å². The summed E-state index contributed by atoms with van der Waals surface area (Å²) >= 11 is -3.36. The quantitative estimate of drug-likeness (QED) is 0.191. The minimum atomic E-state index is -3.36. The maximum Gasteiger partial charge on any atom is -1.00 e. The minimum Gasteiger partial charge on any atom is -1.00 e. The van der Waals surface area contributed by atoms with E-state index in [4.69, 9.17) is 0 Å². The van der Waals surface area contributed by atoms with Crippen LogP contribution in [0.1, 0.15) is 202 Å².